The van der Waals surface area contributed by atoms with E-state index in [0.29, 0.717) is 11.8 Å². The Morgan fingerprint density at radius 1 is 1.50 bits per heavy atom. The number of ether oxygens (including phenoxy) is 1. The molecular weight excluding hydrogens is 312 g/mol. The average molecular weight is 322 g/mol. The standard InChI is InChI=1S/C10H10Br2O2/c1-14-10-5-8(12)3-2-7(10)4-9(13)6-11/h2-3,5H,4,6H2,1H3. The summed E-state index contributed by atoms with van der Waals surface area (Å²) >= 11 is 6.48. The Hall–Kier alpha value is -0.350. The molecule has 0 atom stereocenters. The molecule has 0 spiro atoms. The summed E-state index contributed by atoms with van der Waals surface area (Å²) in [6.07, 6.45) is 0.404. The highest BCUT2D eigenvalue weighted by atomic mass is 79.9. The zero-order valence-corrected chi connectivity index (χ0v) is 10.9. The molecule has 14 heavy (non-hydrogen) atoms. The summed E-state index contributed by atoms with van der Waals surface area (Å²) in [5.74, 6) is 0.888. The lowest BCUT2D eigenvalue weighted by Gasteiger charge is -2.07. The number of carbonyl (C=O) groups excluding carboxylic acids is 1. The Bertz CT molecular complexity index is 337. The van der Waals surface area contributed by atoms with E-state index in [1.165, 1.54) is 0 Å². The molecule has 0 aromatic heterocycles. The molecule has 0 aliphatic heterocycles. The summed E-state index contributed by atoms with van der Waals surface area (Å²) in [6.45, 7) is 0. The minimum absolute atomic E-state index is 0.144. The molecule has 0 aliphatic rings. The Kier molecular flexibility index (Phi) is 4.62. The number of rotatable bonds is 4. The minimum Gasteiger partial charge on any atom is -0.496 e. The van der Waals surface area contributed by atoms with E-state index in [1.54, 1.807) is 7.11 Å². The maximum absolute atomic E-state index is 11.2. The van der Waals surface area contributed by atoms with Crippen LogP contribution in [0.1, 0.15) is 5.56 Å². The van der Waals surface area contributed by atoms with Gasteiger partial charge in [-0.15, -0.1) is 0 Å². The van der Waals surface area contributed by atoms with Crippen LogP contribution >= 0.6 is 31.9 Å². The van der Waals surface area contributed by atoms with Crippen LogP contribution in [0.15, 0.2) is 22.7 Å². The molecule has 4 heteroatoms. The lowest BCUT2D eigenvalue weighted by molar-refractivity contribution is -0.115. The van der Waals surface area contributed by atoms with Crippen molar-refractivity contribution in [1.29, 1.82) is 0 Å². The molecule has 1 rings (SSSR count). The van der Waals surface area contributed by atoms with Gasteiger partial charge in [-0.3, -0.25) is 4.79 Å². The molecule has 1 aromatic carbocycles. The van der Waals surface area contributed by atoms with Crippen LogP contribution in [0.2, 0.25) is 0 Å². The quantitative estimate of drug-likeness (QED) is 0.797. The molecule has 0 fully saturated rings. The Morgan fingerprint density at radius 2 is 2.21 bits per heavy atom. The van der Waals surface area contributed by atoms with Gasteiger partial charge in [0.1, 0.15) is 11.5 Å². The largest absolute Gasteiger partial charge is 0.496 e. The van der Waals surface area contributed by atoms with Gasteiger partial charge in [0.05, 0.1) is 12.4 Å². The molecule has 0 N–H and O–H groups in total. The van der Waals surface area contributed by atoms with Gasteiger partial charge in [0.2, 0.25) is 0 Å². The van der Waals surface area contributed by atoms with Crippen molar-refractivity contribution < 1.29 is 9.53 Å². The van der Waals surface area contributed by atoms with E-state index < -0.39 is 0 Å². The van der Waals surface area contributed by atoms with Gasteiger partial charge in [0.25, 0.3) is 0 Å². The number of ketones is 1. The number of Topliss-reactive ketones (excluding diaryl/α,β-unsaturated/α-hetero) is 1. The van der Waals surface area contributed by atoms with Crippen LogP contribution in [0, 0.1) is 0 Å². The predicted octanol–water partition coefficient (Wildman–Crippen LogP) is 2.96. The normalized spacial score (nSPS) is 9.93. The van der Waals surface area contributed by atoms with E-state index in [0.717, 1.165) is 15.8 Å². The molecule has 1 aromatic rings. The van der Waals surface area contributed by atoms with Gasteiger partial charge in [-0.05, 0) is 12.1 Å². The molecule has 0 aliphatic carbocycles. The first-order chi connectivity index (χ1) is 6.67. The van der Waals surface area contributed by atoms with Gasteiger partial charge in [-0.25, -0.2) is 0 Å². The first-order valence-corrected chi connectivity index (χ1v) is 5.99. The molecule has 0 amide bonds. The molecule has 0 bridgehead atoms. The molecule has 2 nitrogen and oxygen atoms in total. The number of carbonyl (C=O) groups is 1. The summed E-state index contributed by atoms with van der Waals surface area (Å²) in [6, 6.07) is 5.65. The number of alkyl halides is 1. The minimum atomic E-state index is 0.144. The van der Waals surface area contributed by atoms with Gasteiger partial charge in [0.15, 0.2) is 0 Å². The average Bonchev–Trinajstić information content (AvgIpc) is 2.20. The number of hydrogen-bond acceptors (Lipinski definition) is 2. The van der Waals surface area contributed by atoms with Gasteiger partial charge in [0, 0.05) is 16.5 Å². The summed E-state index contributed by atoms with van der Waals surface area (Å²) in [5.41, 5.74) is 0.917. The lowest BCUT2D eigenvalue weighted by atomic mass is 10.1. The zero-order chi connectivity index (χ0) is 10.6. The van der Waals surface area contributed by atoms with Crippen molar-refractivity contribution in [3.63, 3.8) is 0 Å². The number of methoxy groups -OCH3 is 1. The fourth-order valence-electron chi connectivity index (χ4n) is 1.12. The summed E-state index contributed by atoms with van der Waals surface area (Å²) in [7, 11) is 1.60. The monoisotopic (exact) mass is 320 g/mol. The van der Waals surface area contributed by atoms with E-state index >= 15 is 0 Å². The van der Waals surface area contributed by atoms with Gasteiger partial charge < -0.3 is 4.74 Å². The maximum atomic E-state index is 11.2. The van der Waals surface area contributed by atoms with Crippen molar-refractivity contribution in [2.24, 2.45) is 0 Å². The van der Waals surface area contributed by atoms with Crippen molar-refractivity contribution >= 4 is 37.6 Å². The van der Waals surface area contributed by atoms with Crippen molar-refractivity contribution in [3.8, 4) is 5.75 Å². The second-order valence-electron chi connectivity index (χ2n) is 2.81. The SMILES string of the molecule is COc1cc(Br)ccc1CC(=O)CBr. The fraction of sp³-hybridized carbons (Fsp3) is 0.300. The second-order valence-corrected chi connectivity index (χ2v) is 4.28. The first-order valence-electron chi connectivity index (χ1n) is 4.07. The molecule has 0 unspecified atom stereocenters. The molecule has 0 heterocycles. The lowest BCUT2D eigenvalue weighted by Crippen LogP contribution is -2.04. The highest BCUT2D eigenvalue weighted by Gasteiger charge is 2.07. The fourth-order valence-corrected chi connectivity index (χ4v) is 1.66. The van der Waals surface area contributed by atoms with Crippen molar-refractivity contribution in [3.05, 3.63) is 28.2 Å². The van der Waals surface area contributed by atoms with Crippen LogP contribution in [0.4, 0.5) is 0 Å². The van der Waals surface area contributed by atoms with E-state index in [9.17, 15) is 4.79 Å². The molecule has 0 saturated carbocycles. The van der Waals surface area contributed by atoms with Gasteiger partial charge in [-0.1, -0.05) is 37.9 Å². The van der Waals surface area contributed by atoms with E-state index in [-0.39, 0.29) is 5.78 Å². The first kappa shape index (κ1) is 11.7. The van der Waals surface area contributed by atoms with Crippen LogP contribution in [0.25, 0.3) is 0 Å². The van der Waals surface area contributed by atoms with Crippen molar-refractivity contribution in [2.75, 3.05) is 12.4 Å². The smallest absolute Gasteiger partial charge is 0.147 e. The Balaban J connectivity index is 2.90. The summed E-state index contributed by atoms with van der Waals surface area (Å²) in [4.78, 5) is 11.2. The molecular formula is C10H10Br2O2. The molecule has 76 valence electrons. The van der Waals surface area contributed by atoms with Crippen molar-refractivity contribution in [2.45, 2.75) is 6.42 Å². The van der Waals surface area contributed by atoms with E-state index in [2.05, 4.69) is 31.9 Å². The second kappa shape index (κ2) is 5.51. The third kappa shape index (κ3) is 3.10. The van der Waals surface area contributed by atoms with Gasteiger partial charge >= 0.3 is 0 Å². The third-order valence-electron chi connectivity index (χ3n) is 1.79. The van der Waals surface area contributed by atoms with E-state index in [4.69, 9.17) is 4.74 Å². The molecule has 0 saturated heterocycles. The molecule has 0 radical (unpaired) electrons. The number of halogens is 2. The third-order valence-corrected chi connectivity index (χ3v) is 2.90. The highest BCUT2D eigenvalue weighted by Crippen LogP contribution is 2.24. The van der Waals surface area contributed by atoms with E-state index in [1.807, 2.05) is 18.2 Å². The Labute approximate surface area is 99.9 Å². The zero-order valence-electron chi connectivity index (χ0n) is 7.72. The van der Waals surface area contributed by atoms with Crippen LogP contribution < -0.4 is 4.74 Å². The summed E-state index contributed by atoms with van der Waals surface area (Å²) in [5, 5.41) is 0.381. The highest BCUT2D eigenvalue weighted by molar-refractivity contribution is 9.10. The van der Waals surface area contributed by atoms with Crippen molar-refractivity contribution in [1.82, 2.24) is 0 Å². The van der Waals surface area contributed by atoms with Gasteiger partial charge in [-0.2, -0.15) is 0 Å². The predicted molar refractivity (Wildman–Crippen MR) is 63.2 cm³/mol. The van der Waals surface area contributed by atoms with Crippen LogP contribution in [-0.4, -0.2) is 18.2 Å². The number of hydrogen-bond donors (Lipinski definition) is 0. The topological polar surface area (TPSA) is 26.3 Å². The Morgan fingerprint density at radius 3 is 2.79 bits per heavy atom. The van der Waals surface area contributed by atoms with Crippen LogP contribution in [-0.2, 0) is 11.2 Å². The van der Waals surface area contributed by atoms with Crippen LogP contribution in [0.3, 0.4) is 0 Å². The van der Waals surface area contributed by atoms with Crippen LogP contribution in [0.5, 0.6) is 5.75 Å². The maximum Gasteiger partial charge on any atom is 0.147 e. The summed E-state index contributed by atoms with van der Waals surface area (Å²) < 4.78 is 6.12. The number of benzene rings is 1.